The number of aryl methyl sites for hydroxylation is 1. The average molecular weight is 335 g/mol. The molecule has 0 bridgehead atoms. The van der Waals surface area contributed by atoms with E-state index in [0.29, 0.717) is 12.1 Å². The van der Waals surface area contributed by atoms with Crippen LogP contribution in [0.2, 0.25) is 0 Å². The molecule has 0 saturated carbocycles. The van der Waals surface area contributed by atoms with Gasteiger partial charge in [-0.3, -0.25) is 9.59 Å². The van der Waals surface area contributed by atoms with Gasteiger partial charge in [-0.25, -0.2) is 0 Å². The van der Waals surface area contributed by atoms with Gasteiger partial charge in [0.05, 0.1) is 0 Å². The first kappa shape index (κ1) is 14.5. The van der Waals surface area contributed by atoms with Crippen LogP contribution in [0.3, 0.4) is 0 Å². The first-order valence-corrected chi connectivity index (χ1v) is 6.93. The molecule has 2 rings (SSSR count). The number of benzene rings is 1. The summed E-state index contributed by atoms with van der Waals surface area (Å²) in [4.78, 5) is 25.4. The van der Waals surface area contributed by atoms with Gasteiger partial charge in [-0.05, 0) is 23.8 Å². The zero-order chi connectivity index (χ0) is 14.7. The molecule has 104 valence electrons. The minimum Gasteiger partial charge on any atom is -0.337 e. The van der Waals surface area contributed by atoms with Crippen molar-refractivity contribution in [3.8, 4) is 0 Å². The van der Waals surface area contributed by atoms with Gasteiger partial charge in [0.2, 0.25) is 0 Å². The van der Waals surface area contributed by atoms with Gasteiger partial charge < -0.3 is 9.47 Å². The molecule has 20 heavy (non-hydrogen) atoms. The number of nitrogens with zero attached hydrogens (tertiary/aromatic N) is 2. The van der Waals surface area contributed by atoms with Crippen LogP contribution in [0.1, 0.15) is 15.9 Å². The van der Waals surface area contributed by atoms with Crippen LogP contribution in [0.15, 0.2) is 51.9 Å². The number of aromatic nitrogens is 1. The van der Waals surface area contributed by atoms with Crippen molar-refractivity contribution in [2.75, 3.05) is 7.05 Å². The molecular weight excluding hydrogens is 320 g/mol. The Balaban J connectivity index is 2.14. The molecule has 0 aliphatic heterocycles. The SMILES string of the molecule is CN(Cc1ccc(Br)cc1)C(=O)c1ccn(C)c(=O)c1. The summed E-state index contributed by atoms with van der Waals surface area (Å²) >= 11 is 3.37. The number of carbonyl (C=O) groups excluding carboxylic acids is 1. The highest BCUT2D eigenvalue weighted by molar-refractivity contribution is 9.10. The maximum atomic E-state index is 12.2. The lowest BCUT2D eigenvalue weighted by Gasteiger charge is -2.17. The van der Waals surface area contributed by atoms with E-state index >= 15 is 0 Å². The molecule has 0 radical (unpaired) electrons. The molecule has 2 aromatic rings. The van der Waals surface area contributed by atoms with Crippen molar-refractivity contribution in [1.29, 1.82) is 0 Å². The Labute approximate surface area is 125 Å². The van der Waals surface area contributed by atoms with Crippen molar-refractivity contribution < 1.29 is 4.79 Å². The van der Waals surface area contributed by atoms with Crippen molar-refractivity contribution >= 4 is 21.8 Å². The molecule has 0 atom stereocenters. The molecular formula is C15H15BrN2O2. The molecule has 0 N–H and O–H groups in total. The number of amides is 1. The fourth-order valence-electron chi connectivity index (χ4n) is 1.84. The van der Waals surface area contributed by atoms with Gasteiger partial charge in [-0.15, -0.1) is 0 Å². The van der Waals surface area contributed by atoms with E-state index in [2.05, 4.69) is 15.9 Å². The minimum absolute atomic E-state index is 0.161. The summed E-state index contributed by atoms with van der Waals surface area (Å²) in [5, 5.41) is 0. The maximum absolute atomic E-state index is 12.2. The Morgan fingerprint density at radius 3 is 2.50 bits per heavy atom. The first-order valence-electron chi connectivity index (χ1n) is 6.14. The lowest BCUT2D eigenvalue weighted by atomic mass is 10.2. The summed E-state index contributed by atoms with van der Waals surface area (Å²) in [6.07, 6.45) is 1.60. The van der Waals surface area contributed by atoms with E-state index in [1.807, 2.05) is 24.3 Å². The Kier molecular flexibility index (Phi) is 4.39. The third kappa shape index (κ3) is 3.36. The summed E-state index contributed by atoms with van der Waals surface area (Å²) in [6, 6.07) is 10.8. The summed E-state index contributed by atoms with van der Waals surface area (Å²) < 4.78 is 2.44. The van der Waals surface area contributed by atoms with E-state index in [1.165, 1.54) is 10.6 Å². The smallest absolute Gasteiger partial charge is 0.254 e. The number of hydrogen-bond acceptors (Lipinski definition) is 2. The molecule has 1 heterocycles. The van der Waals surface area contributed by atoms with E-state index in [9.17, 15) is 9.59 Å². The van der Waals surface area contributed by atoms with E-state index in [0.717, 1.165) is 10.0 Å². The summed E-state index contributed by atoms with van der Waals surface area (Å²) in [5.74, 6) is -0.161. The highest BCUT2D eigenvalue weighted by Gasteiger charge is 2.12. The molecule has 5 heteroatoms. The van der Waals surface area contributed by atoms with Crippen molar-refractivity contribution in [1.82, 2.24) is 9.47 Å². The molecule has 0 unspecified atom stereocenters. The highest BCUT2D eigenvalue weighted by atomic mass is 79.9. The molecule has 1 aromatic heterocycles. The Bertz CT molecular complexity index is 677. The maximum Gasteiger partial charge on any atom is 0.254 e. The van der Waals surface area contributed by atoms with Gasteiger partial charge in [-0.1, -0.05) is 28.1 Å². The number of hydrogen-bond donors (Lipinski definition) is 0. The van der Waals surface area contributed by atoms with Gasteiger partial charge in [0, 0.05) is 42.9 Å². The van der Waals surface area contributed by atoms with Gasteiger partial charge in [0.15, 0.2) is 0 Å². The number of halogens is 1. The van der Waals surface area contributed by atoms with Crippen LogP contribution < -0.4 is 5.56 Å². The van der Waals surface area contributed by atoms with Crippen molar-refractivity contribution in [3.63, 3.8) is 0 Å². The second-order valence-corrected chi connectivity index (χ2v) is 5.57. The molecule has 4 nitrogen and oxygen atoms in total. The normalized spacial score (nSPS) is 10.3. The van der Waals surface area contributed by atoms with Crippen molar-refractivity contribution in [2.45, 2.75) is 6.54 Å². The molecule has 0 aliphatic rings. The second-order valence-electron chi connectivity index (χ2n) is 4.65. The third-order valence-electron chi connectivity index (χ3n) is 3.03. The first-order chi connectivity index (χ1) is 9.47. The largest absolute Gasteiger partial charge is 0.337 e. The Morgan fingerprint density at radius 1 is 1.25 bits per heavy atom. The van der Waals surface area contributed by atoms with E-state index in [-0.39, 0.29) is 11.5 Å². The van der Waals surface area contributed by atoms with E-state index < -0.39 is 0 Å². The van der Waals surface area contributed by atoms with Crippen LogP contribution in [-0.4, -0.2) is 22.4 Å². The quantitative estimate of drug-likeness (QED) is 0.865. The van der Waals surface area contributed by atoms with Crippen molar-refractivity contribution in [2.24, 2.45) is 7.05 Å². The Morgan fingerprint density at radius 2 is 1.90 bits per heavy atom. The fraction of sp³-hybridized carbons (Fsp3) is 0.200. The average Bonchev–Trinajstić information content (AvgIpc) is 2.43. The lowest BCUT2D eigenvalue weighted by Crippen LogP contribution is -2.28. The highest BCUT2D eigenvalue weighted by Crippen LogP contribution is 2.12. The summed E-state index contributed by atoms with van der Waals surface area (Å²) in [6.45, 7) is 0.501. The topological polar surface area (TPSA) is 42.3 Å². The molecule has 0 fully saturated rings. The number of rotatable bonds is 3. The number of carbonyl (C=O) groups is 1. The lowest BCUT2D eigenvalue weighted by molar-refractivity contribution is 0.0785. The zero-order valence-corrected chi connectivity index (χ0v) is 12.9. The molecule has 1 aromatic carbocycles. The second kappa shape index (κ2) is 6.05. The zero-order valence-electron chi connectivity index (χ0n) is 11.3. The Hall–Kier alpha value is -1.88. The van der Waals surface area contributed by atoms with Gasteiger partial charge in [-0.2, -0.15) is 0 Å². The van der Waals surface area contributed by atoms with Gasteiger partial charge in [0.25, 0.3) is 11.5 Å². The summed E-state index contributed by atoms with van der Waals surface area (Å²) in [7, 11) is 3.38. The van der Waals surface area contributed by atoms with Crippen LogP contribution >= 0.6 is 15.9 Å². The van der Waals surface area contributed by atoms with E-state index in [4.69, 9.17) is 0 Å². The monoisotopic (exact) mass is 334 g/mol. The third-order valence-corrected chi connectivity index (χ3v) is 3.56. The fourth-order valence-corrected chi connectivity index (χ4v) is 2.10. The van der Waals surface area contributed by atoms with Gasteiger partial charge >= 0.3 is 0 Å². The van der Waals surface area contributed by atoms with E-state index in [1.54, 1.807) is 31.3 Å². The minimum atomic E-state index is -0.187. The molecule has 0 saturated heterocycles. The molecule has 1 amide bonds. The molecule has 0 aliphatic carbocycles. The van der Waals surface area contributed by atoms with Crippen LogP contribution in [0, 0.1) is 0 Å². The van der Waals surface area contributed by atoms with Crippen LogP contribution in [0.5, 0.6) is 0 Å². The van der Waals surface area contributed by atoms with Crippen LogP contribution in [0.25, 0.3) is 0 Å². The number of pyridine rings is 1. The van der Waals surface area contributed by atoms with Gasteiger partial charge in [0.1, 0.15) is 0 Å². The van der Waals surface area contributed by atoms with Crippen molar-refractivity contribution in [3.05, 3.63) is 68.5 Å². The summed E-state index contributed by atoms with van der Waals surface area (Å²) in [5.41, 5.74) is 1.26. The predicted octanol–water partition coefficient (Wildman–Crippen LogP) is 2.42. The predicted molar refractivity (Wildman–Crippen MR) is 81.6 cm³/mol. The van der Waals surface area contributed by atoms with Crippen LogP contribution in [-0.2, 0) is 13.6 Å². The molecule has 0 spiro atoms. The standard InChI is InChI=1S/C15H15BrN2O2/c1-17-8-7-12(9-14(17)19)15(20)18(2)10-11-3-5-13(16)6-4-11/h3-9H,10H2,1-2H3. The van der Waals surface area contributed by atoms with Crippen LogP contribution in [0.4, 0.5) is 0 Å².